The van der Waals surface area contributed by atoms with Crippen molar-refractivity contribution >= 4 is 28.7 Å². The summed E-state index contributed by atoms with van der Waals surface area (Å²) in [6.07, 6.45) is 6.56. The molecule has 0 amide bonds. The van der Waals surface area contributed by atoms with Crippen molar-refractivity contribution in [2.75, 3.05) is 20.1 Å². The van der Waals surface area contributed by atoms with E-state index in [2.05, 4.69) is 11.9 Å². The SMILES string of the molecule is CN1CC[C@@]2(Cl)CCCCC2C1.O=[N+]([O-])c1cc([N+](=O)[O-])c(O)c([N+](=O)[O-])c1. The molecule has 3 rings (SSSR count). The van der Waals surface area contributed by atoms with Crippen LogP contribution in [-0.4, -0.2) is 49.8 Å². The summed E-state index contributed by atoms with van der Waals surface area (Å²) < 4.78 is 0. The fourth-order valence-corrected chi connectivity index (χ4v) is 4.07. The molecule has 1 saturated heterocycles. The minimum Gasteiger partial charge on any atom is -0.497 e. The predicted octanol–water partition coefficient (Wildman–Crippen LogP) is 3.61. The molecular weight excluding hydrogens is 396 g/mol. The summed E-state index contributed by atoms with van der Waals surface area (Å²) >= 11 is 6.62. The van der Waals surface area contributed by atoms with Gasteiger partial charge >= 0.3 is 11.4 Å². The number of nitro groups is 3. The van der Waals surface area contributed by atoms with Crippen LogP contribution in [0.4, 0.5) is 17.1 Å². The van der Waals surface area contributed by atoms with Crippen molar-refractivity contribution in [3.63, 3.8) is 0 Å². The van der Waals surface area contributed by atoms with E-state index in [0.717, 1.165) is 5.92 Å². The molecule has 11 nitrogen and oxygen atoms in total. The maximum absolute atomic E-state index is 10.4. The molecule has 2 atom stereocenters. The Hall–Kier alpha value is -2.53. The lowest BCUT2D eigenvalue weighted by Gasteiger charge is -2.46. The molecule has 0 bridgehead atoms. The third kappa shape index (κ3) is 4.84. The van der Waals surface area contributed by atoms with Crippen LogP contribution in [0.2, 0.25) is 0 Å². The molecule has 0 spiro atoms. The smallest absolute Gasteiger partial charge is 0.324 e. The summed E-state index contributed by atoms with van der Waals surface area (Å²) in [5, 5.41) is 40.2. The number of hydrogen-bond donors (Lipinski definition) is 1. The first kappa shape index (κ1) is 21.8. The standard InChI is InChI=1S/C10H18ClN.C6H3N3O7/c1-12-7-6-10(11)5-3-2-4-9(10)8-12;10-6-4(8(13)14)1-3(7(11)12)2-5(6)9(15)16/h9H,2-8H2,1H3;1-2,10H/t9?,10-;/m0./s1. The Morgan fingerprint density at radius 3 is 2.14 bits per heavy atom. The van der Waals surface area contributed by atoms with Crippen molar-refractivity contribution in [3.05, 3.63) is 42.5 Å². The molecule has 1 aliphatic carbocycles. The van der Waals surface area contributed by atoms with Gasteiger partial charge in [-0.1, -0.05) is 12.8 Å². The molecule has 1 saturated carbocycles. The third-order valence-electron chi connectivity index (χ3n) is 5.23. The van der Waals surface area contributed by atoms with E-state index < -0.39 is 37.6 Å². The lowest BCUT2D eigenvalue weighted by Crippen LogP contribution is -2.48. The molecule has 2 aliphatic rings. The average Bonchev–Trinajstić information content (AvgIpc) is 2.62. The normalized spacial score (nSPS) is 24.4. The number of halogens is 1. The maximum Gasteiger partial charge on any atom is 0.324 e. The zero-order chi connectivity index (χ0) is 21.1. The second-order valence-electron chi connectivity index (χ2n) is 7.09. The minimum atomic E-state index is -1.21. The number of nitro benzene ring substituents is 3. The van der Waals surface area contributed by atoms with Crippen LogP contribution in [0.5, 0.6) is 5.75 Å². The number of likely N-dealkylation sites (tertiary alicyclic amines) is 1. The van der Waals surface area contributed by atoms with Crippen molar-refractivity contribution in [2.24, 2.45) is 5.92 Å². The van der Waals surface area contributed by atoms with Crippen molar-refractivity contribution < 1.29 is 19.9 Å². The number of aromatic hydroxyl groups is 1. The number of phenols is 1. The highest BCUT2D eigenvalue weighted by Crippen LogP contribution is 2.44. The van der Waals surface area contributed by atoms with Crippen molar-refractivity contribution in [1.29, 1.82) is 0 Å². The largest absolute Gasteiger partial charge is 0.497 e. The lowest BCUT2D eigenvalue weighted by molar-refractivity contribution is -0.404. The van der Waals surface area contributed by atoms with Gasteiger partial charge in [0, 0.05) is 11.4 Å². The van der Waals surface area contributed by atoms with Crippen LogP contribution in [0.25, 0.3) is 0 Å². The molecule has 1 heterocycles. The Morgan fingerprint density at radius 1 is 1.07 bits per heavy atom. The Balaban J connectivity index is 0.000000207. The van der Waals surface area contributed by atoms with Crippen LogP contribution in [0.15, 0.2) is 12.1 Å². The van der Waals surface area contributed by atoms with Crippen LogP contribution in [-0.2, 0) is 0 Å². The maximum atomic E-state index is 10.4. The van der Waals surface area contributed by atoms with Gasteiger partial charge in [0.1, 0.15) is 0 Å². The van der Waals surface area contributed by atoms with E-state index in [-0.39, 0.29) is 4.87 Å². The van der Waals surface area contributed by atoms with Gasteiger partial charge in [0.05, 0.1) is 26.9 Å². The minimum absolute atomic E-state index is 0.185. The van der Waals surface area contributed by atoms with E-state index in [4.69, 9.17) is 16.7 Å². The van der Waals surface area contributed by atoms with E-state index in [1.54, 1.807) is 0 Å². The van der Waals surface area contributed by atoms with Gasteiger partial charge < -0.3 is 10.0 Å². The number of phenolic OH excluding ortho intramolecular Hbond substituents is 1. The number of alkyl halides is 1. The molecule has 0 aromatic heterocycles. The van der Waals surface area contributed by atoms with E-state index in [1.807, 2.05) is 0 Å². The number of non-ortho nitro benzene ring substituents is 1. The summed E-state index contributed by atoms with van der Waals surface area (Å²) in [6, 6.07) is 0.894. The van der Waals surface area contributed by atoms with Gasteiger partial charge in [0.2, 0.25) is 0 Å². The third-order valence-corrected chi connectivity index (χ3v) is 5.91. The topological polar surface area (TPSA) is 153 Å². The molecule has 154 valence electrons. The Bertz CT molecular complexity index is 755. The summed E-state index contributed by atoms with van der Waals surface area (Å²) in [5.74, 6) is -0.438. The lowest BCUT2D eigenvalue weighted by atomic mass is 9.74. The van der Waals surface area contributed by atoms with E-state index in [1.165, 1.54) is 45.2 Å². The molecule has 1 unspecified atom stereocenters. The fourth-order valence-electron chi connectivity index (χ4n) is 3.67. The first-order valence-corrected chi connectivity index (χ1v) is 9.10. The molecule has 0 radical (unpaired) electrons. The summed E-state index contributed by atoms with van der Waals surface area (Å²) in [5.41, 5.74) is -3.00. The van der Waals surface area contributed by atoms with Gasteiger partial charge in [-0.15, -0.1) is 11.6 Å². The Kier molecular flexibility index (Phi) is 6.73. The first-order chi connectivity index (χ1) is 13.0. The van der Waals surface area contributed by atoms with E-state index in [9.17, 15) is 30.3 Å². The van der Waals surface area contributed by atoms with E-state index >= 15 is 0 Å². The molecule has 1 aromatic carbocycles. The predicted molar refractivity (Wildman–Crippen MR) is 101 cm³/mol. The fraction of sp³-hybridized carbons (Fsp3) is 0.625. The molecule has 12 heteroatoms. The first-order valence-electron chi connectivity index (χ1n) is 8.73. The van der Waals surface area contributed by atoms with Gasteiger partial charge in [-0.3, -0.25) is 30.3 Å². The molecule has 1 N–H and O–H groups in total. The summed E-state index contributed by atoms with van der Waals surface area (Å²) in [6.45, 7) is 2.42. The van der Waals surface area contributed by atoms with Crippen LogP contribution in [0.1, 0.15) is 32.1 Å². The van der Waals surface area contributed by atoms with Gasteiger partial charge in [0.15, 0.2) is 0 Å². The van der Waals surface area contributed by atoms with Gasteiger partial charge in [-0.05, 0) is 38.8 Å². The number of piperidine rings is 1. The zero-order valence-corrected chi connectivity index (χ0v) is 16.0. The molecule has 28 heavy (non-hydrogen) atoms. The molecule has 1 aliphatic heterocycles. The van der Waals surface area contributed by atoms with Gasteiger partial charge in [0.25, 0.3) is 11.4 Å². The second kappa shape index (κ2) is 8.65. The highest BCUT2D eigenvalue weighted by molar-refractivity contribution is 6.24. The molecular formula is C16H21ClN4O7. The summed E-state index contributed by atoms with van der Waals surface area (Å²) in [7, 11) is 2.21. The number of fused-ring (bicyclic) bond motifs is 1. The van der Waals surface area contributed by atoms with Crippen LogP contribution in [0.3, 0.4) is 0 Å². The second-order valence-corrected chi connectivity index (χ2v) is 7.85. The van der Waals surface area contributed by atoms with Crippen molar-refractivity contribution in [2.45, 2.75) is 37.0 Å². The molecule has 2 fully saturated rings. The summed E-state index contributed by atoms with van der Waals surface area (Å²) in [4.78, 5) is 30.4. The highest BCUT2D eigenvalue weighted by atomic mass is 35.5. The van der Waals surface area contributed by atoms with Crippen LogP contribution < -0.4 is 0 Å². The quantitative estimate of drug-likeness (QED) is 0.445. The Morgan fingerprint density at radius 2 is 1.64 bits per heavy atom. The molecule has 1 aromatic rings. The van der Waals surface area contributed by atoms with Crippen molar-refractivity contribution in [3.8, 4) is 5.75 Å². The van der Waals surface area contributed by atoms with Crippen LogP contribution in [0, 0.1) is 36.3 Å². The number of benzene rings is 1. The Labute approximate surface area is 165 Å². The average molecular weight is 417 g/mol. The van der Waals surface area contributed by atoms with Gasteiger partial charge in [-0.25, -0.2) is 0 Å². The zero-order valence-electron chi connectivity index (χ0n) is 15.2. The number of rotatable bonds is 3. The van der Waals surface area contributed by atoms with Crippen LogP contribution >= 0.6 is 11.6 Å². The van der Waals surface area contributed by atoms with Crippen molar-refractivity contribution in [1.82, 2.24) is 4.90 Å². The number of hydrogen-bond acceptors (Lipinski definition) is 8. The van der Waals surface area contributed by atoms with E-state index in [0.29, 0.717) is 12.1 Å². The monoisotopic (exact) mass is 416 g/mol. The van der Waals surface area contributed by atoms with Gasteiger partial charge in [-0.2, -0.15) is 0 Å². The number of nitrogens with zero attached hydrogens (tertiary/aromatic N) is 4. The highest BCUT2D eigenvalue weighted by Gasteiger charge is 2.41.